The van der Waals surface area contributed by atoms with Crippen molar-refractivity contribution in [2.24, 2.45) is 5.73 Å². The van der Waals surface area contributed by atoms with Gasteiger partial charge in [-0.2, -0.15) is 13.2 Å². The largest absolute Gasteiger partial charge is 0.401 e. The van der Waals surface area contributed by atoms with Crippen LogP contribution in [0.5, 0.6) is 0 Å². The summed E-state index contributed by atoms with van der Waals surface area (Å²) in [5.74, 6) is 0. The molecule has 0 aliphatic heterocycles. The quantitative estimate of drug-likeness (QED) is 0.749. The first-order chi connectivity index (χ1) is 6.92. The Balaban J connectivity index is 2.31. The van der Waals surface area contributed by atoms with Gasteiger partial charge in [0, 0.05) is 18.6 Å². The standard InChI is InChI=1S/C10H19F3N2/c1-2-8(14)5-6-15(9-3-4-9)7-10(11,12)13/h8-9H,2-7,14H2,1H3. The van der Waals surface area contributed by atoms with E-state index in [-0.39, 0.29) is 12.1 Å². The molecule has 2 nitrogen and oxygen atoms in total. The van der Waals surface area contributed by atoms with E-state index in [1.807, 2.05) is 6.92 Å². The van der Waals surface area contributed by atoms with Crippen LogP contribution in [0.4, 0.5) is 13.2 Å². The van der Waals surface area contributed by atoms with Crippen LogP contribution in [0, 0.1) is 0 Å². The average Bonchev–Trinajstić information content (AvgIpc) is 2.92. The second kappa shape index (κ2) is 5.16. The van der Waals surface area contributed by atoms with Gasteiger partial charge in [0.05, 0.1) is 6.54 Å². The van der Waals surface area contributed by atoms with Crippen molar-refractivity contribution in [3.8, 4) is 0 Å². The Hall–Kier alpha value is -0.290. The summed E-state index contributed by atoms with van der Waals surface area (Å²) in [5, 5.41) is 0. The normalized spacial score (nSPS) is 19.6. The van der Waals surface area contributed by atoms with Crippen molar-refractivity contribution in [2.45, 2.75) is 50.9 Å². The molecule has 2 N–H and O–H groups in total. The van der Waals surface area contributed by atoms with Crippen LogP contribution >= 0.6 is 0 Å². The van der Waals surface area contributed by atoms with Crippen molar-refractivity contribution in [2.75, 3.05) is 13.1 Å². The molecule has 0 amide bonds. The van der Waals surface area contributed by atoms with Crippen molar-refractivity contribution >= 4 is 0 Å². The molecule has 1 rings (SSSR count). The lowest BCUT2D eigenvalue weighted by atomic mass is 10.1. The summed E-state index contributed by atoms with van der Waals surface area (Å²) >= 11 is 0. The fourth-order valence-corrected chi connectivity index (χ4v) is 1.60. The third-order valence-electron chi connectivity index (χ3n) is 2.76. The van der Waals surface area contributed by atoms with Crippen molar-refractivity contribution in [1.29, 1.82) is 0 Å². The molecule has 0 radical (unpaired) electrons. The molecule has 0 spiro atoms. The predicted octanol–water partition coefficient (Wildman–Crippen LogP) is 2.14. The second-order valence-electron chi connectivity index (χ2n) is 4.27. The topological polar surface area (TPSA) is 29.3 Å². The summed E-state index contributed by atoms with van der Waals surface area (Å²) in [6.07, 6.45) is -0.804. The highest BCUT2D eigenvalue weighted by Gasteiger charge is 2.37. The first-order valence-corrected chi connectivity index (χ1v) is 5.48. The van der Waals surface area contributed by atoms with Crippen LogP contribution in [0.1, 0.15) is 32.6 Å². The summed E-state index contributed by atoms with van der Waals surface area (Å²) in [6.45, 7) is 1.64. The summed E-state index contributed by atoms with van der Waals surface area (Å²) in [6, 6.07) is 0.176. The summed E-state index contributed by atoms with van der Waals surface area (Å²) in [5.41, 5.74) is 5.70. The van der Waals surface area contributed by atoms with E-state index < -0.39 is 12.7 Å². The zero-order valence-corrected chi connectivity index (χ0v) is 9.06. The van der Waals surface area contributed by atoms with Gasteiger partial charge in [-0.25, -0.2) is 0 Å². The molecule has 1 aliphatic carbocycles. The minimum absolute atomic E-state index is 0.0273. The number of nitrogens with two attached hydrogens (primary N) is 1. The number of rotatable bonds is 6. The Bertz CT molecular complexity index is 190. The first-order valence-electron chi connectivity index (χ1n) is 5.48. The van der Waals surface area contributed by atoms with Crippen LogP contribution in [0.15, 0.2) is 0 Å². The molecule has 0 aromatic heterocycles. The smallest absolute Gasteiger partial charge is 0.328 e. The highest BCUT2D eigenvalue weighted by atomic mass is 19.4. The molecule has 1 atom stereocenters. The van der Waals surface area contributed by atoms with E-state index in [0.29, 0.717) is 13.0 Å². The van der Waals surface area contributed by atoms with Gasteiger partial charge in [0.2, 0.25) is 0 Å². The second-order valence-corrected chi connectivity index (χ2v) is 4.27. The van der Waals surface area contributed by atoms with Crippen LogP contribution in [-0.2, 0) is 0 Å². The highest BCUT2D eigenvalue weighted by Crippen LogP contribution is 2.30. The van der Waals surface area contributed by atoms with Gasteiger partial charge >= 0.3 is 6.18 Å². The van der Waals surface area contributed by atoms with Gasteiger partial charge in [0.25, 0.3) is 0 Å². The Morgan fingerprint density at radius 1 is 1.40 bits per heavy atom. The summed E-state index contributed by atoms with van der Waals surface area (Å²) in [4.78, 5) is 1.52. The molecule has 15 heavy (non-hydrogen) atoms. The maximum absolute atomic E-state index is 12.2. The monoisotopic (exact) mass is 224 g/mol. The van der Waals surface area contributed by atoms with Crippen LogP contribution in [-0.4, -0.2) is 36.2 Å². The molecular formula is C10H19F3N2. The molecule has 5 heteroatoms. The summed E-state index contributed by atoms with van der Waals surface area (Å²) < 4.78 is 36.7. The highest BCUT2D eigenvalue weighted by molar-refractivity contribution is 4.86. The Morgan fingerprint density at radius 2 is 2.00 bits per heavy atom. The van der Waals surface area contributed by atoms with E-state index in [2.05, 4.69) is 0 Å². The molecule has 1 unspecified atom stereocenters. The third kappa shape index (κ3) is 5.37. The maximum atomic E-state index is 12.2. The number of hydrogen-bond donors (Lipinski definition) is 1. The molecule has 0 bridgehead atoms. The van der Waals surface area contributed by atoms with Gasteiger partial charge in [-0.15, -0.1) is 0 Å². The lowest BCUT2D eigenvalue weighted by Crippen LogP contribution is -2.38. The van der Waals surface area contributed by atoms with Gasteiger partial charge in [0.15, 0.2) is 0 Å². The van der Waals surface area contributed by atoms with Crippen LogP contribution in [0.3, 0.4) is 0 Å². The predicted molar refractivity (Wildman–Crippen MR) is 53.5 cm³/mol. The molecule has 0 aromatic carbocycles. The van der Waals surface area contributed by atoms with Gasteiger partial charge in [0.1, 0.15) is 0 Å². The van der Waals surface area contributed by atoms with E-state index in [0.717, 1.165) is 19.3 Å². The molecule has 1 aliphatic rings. The first kappa shape index (κ1) is 12.8. The van der Waals surface area contributed by atoms with E-state index >= 15 is 0 Å². The fourth-order valence-electron chi connectivity index (χ4n) is 1.60. The lowest BCUT2D eigenvalue weighted by molar-refractivity contribution is -0.147. The number of nitrogens with zero attached hydrogens (tertiary/aromatic N) is 1. The number of hydrogen-bond acceptors (Lipinski definition) is 2. The van der Waals surface area contributed by atoms with Crippen LogP contribution < -0.4 is 5.73 Å². The number of halogens is 3. The van der Waals surface area contributed by atoms with Crippen molar-refractivity contribution in [3.63, 3.8) is 0 Å². The van der Waals surface area contributed by atoms with Gasteiger partial charge < -0.3 is 5.73 Å². The number of alkyl halides is 3. The average molecular weight is 224 g/mol. The zero-order valence-electron chi connectivity index (χ0n) is 9.06. The molecular weight excluding hydrogens is 205 g/mol. The van der Waals surface area contributed by atoms with Crippen molar-refractivity contribution in [3.05, 3.63) is 0 Å². The zero-order chi connectivity index (χ0) is 11.5. The Morgan fingerprint density at radius 3 is 2.40 bits per heavy atom. The van der Waals surface area contributed by atoms with Crippen molar-refractivity contribution in [1.82, 2.24) is 4.90 Å². The summed E-state index contributed by atoms with van der Waals surface area (Å²) in [7, 11) is 0. The van der Waals surface area contributed by atoms with E-state index in [9.17, 15) is 13.2 Å². The fraction of sp³-hybridized carbons (Fsp3) is 1.00. The van der Waals surface area contributed by atoms with Crippen molar-refractivity contribution < 1.29 is 13.2 Å². The van der Waals surface area contributed by atoms with Gasteiger partial charge in [-0.1, -0.05) is 6.92 Å². The van der Waals surface area contributed by atoms with E-state index in [1.54, 1.807) is 0 Å². The minimum atomic E-state index is -4.08. The maximum Gasteiger partial charge on any atom is 0.401 e. The third-order valence-corrected chi connectivity index (χ3v) is 2.76. The molecule has 0 aromatic rings. The Kier molecular flexibility index (Phi) is 4.40. The van der Waals surface area contributed by atoms with Crippen LogP contribution in [0.25, 0.3) is 0 Å². The molecule has 1 fully saturated rings. The van der Waals surface area contributed by atoms with E-state index in [4.69, 9.17) is 5.73 Å². The lowest BCUT2D eigenvalue weighted by Gasteiger charge is -2.24. The van der Waals surface area contributed by atoms with Gasteiger partial charge in [-0.3, -0.25) is 4.90 Å². The molecule has 90 valence electrons. The SMILES string of the molecule is CCC(N)CCN(CC(F)(F)F)C1CC1. The van der Waals surface area contributed by atoms with Gasteiger partial charge in [-0.05, 0) is 25.7 Å². The molecule has 1 saturated carbocycles. The Labute approximate surface area is 88.6 Å². The van der Waals surface area contributed by atoms with Crippen LogP contribution in [0.2, 0.25) is 0 Å². The molecule has 0 saturated heterocycles. The minimum Gasteiger partial charge on any atom is -0.328 e. The molecule has 0 heterocycles. The van der Waals surface area contributed by atoms with E-state index in [1.165, 1.54) is 4.90 Å².